The van der Waals surface area contributed by atoms with Gasteiger partial charge in [0.05, 0.1) is 6.61 Å². The molecule has 3 nitrogen and oxygen atoms in total. The molecule has 0 aliphatic heterocycles. The molecule has 1 aliphatic carbocycles. The van der Waals surface area contributed by atoms with Crippen LogP contribution in [0.5, 0.6) is 0 Å². The van der Waals surface area contributed by atoms with Crippen LogP contribution in [0.1, 0.15) is 53.9 Å². The highest BCUT2D eigenvalue weighted by Gasteiger charge is 2.36. The first-order valence-corrected chi connectivity index (χ1v) is 8.69. The zero-order valence-electron chi connectivity index (χ0n) is 15.4. The second-order valence-electron chi connectivity index (χ2n) is 8.11. The summed E-state index contributed by atoms with van der Waals surface area (Å²) in [5.74, 6) is 1.61. The van der Waals surface area contributed by atoms with E-state index in [1.807, 2.05) is 0 Å². The van der Waals surface area contributed by atoms with E-state index in [1.165, 1.54) is 25.8 Å². The molecule has 0 spiro atoms. The maximum absolute atomic E-state index is 5.28. The van der Waals surface area contributed by atoms with Crippen molar-refractivity contribution in [2.45, 2.75) is 66.0 Å². The third-order valence-corrected chi connectivity index (χ3v) is 5.36. The summed E-state index contributed by atoms with van der Waals surface area (Å²) < 4.78 is 5.28. The van der Waals surface area contributed by atoms with E-state index in [0.717, 1.165) is 25.0 Å². The molecule has 0 heterocycles. The van der Waals surface area contributed by atoms with E-state index >= 15 is 0 Å². The van der Waals surface area contributed by atoms with Crippen molar-refractivity contribution in [2.75, 3.05) is 33.9 Å². The summed E-state index contributed by atoms with van der Waals surface area (Å²) in [6, 6.07) is 1.26. The molecule has 0 amide bonds. The first-order valence-electron chi connectivity index (χ1n) is 8.69. The van der Waals surface area contributed by atoms with Crippen LogP contribution in [0.3, 0.4) is 0 Å². The largest absolute Gasteiger partial charge is 0.383 e. The van der Waals surface area contributed by atoms with Gasteiger partial charge >= 0.3 is 0 Å². The zero-order valence-corrected chi connectivity index (χ0v) is 15.4. The summed E-state index contributed by atoms with van der Waals surface area (Å²) in [6.07, 6.45) is 4.04. The van der Waals surface area contributed by atoms with Gasteiger partial charge in [0, 0.05) is 32.3 Å². The van der Waals surface area contributed by atoms with Crippen molar-refractivity contribution in [2.24, 2.45) is 17.3 Å². The summed E-state index contributed by atoms with van der Waals surface area (Å²) in [5, 5.41) is 3.57. The Morgan fingerprint density at radius 2 is 1.90 bits per heavy atom. The van der Waals surface area contributed by atoms with E-state index in [9.17, 15) is 0 Å². The van der Waals surface area contributed by atoms with Gasteiger partial charge in [0.15, 0.2) is 0 Å². The Balaban J connectivity index is 2.69. The van der Waals surface area contributed by atoms with E-state index < -0.39 is 0 Å². The lowest BCUT2D eigenvalue weighted by Crippen LogP contribution is -2.48. The predicted molar refractivity (Wildman–Crippen MR) is 91.7 cm³/mol. The van der Waals surface area contributed by atoms with Crippen molar-refractivity contribution >= 4 is 0 Å². The molecule has 0 aromatic heterocycles. The van der Waals surface area contributed by atoms with Gasteiger partial charge in [-0.2, -0.15) is 0 Å². The van der Waals surface area contributed by atoms with Gasteiger partial charge < -0.3 is 10.1 Å². The summed E-state index contributed by atoms with van der Waals surface area (Å²) in [5.41, 5.74) is 0.437. The molecule has 1 N–H and O–H groups in total. The Bertz CT molecular complexity index is 285. The standard InChI is InChI=1S/C18H38N2O/c1-14(2)20(10-11-21-7)13-15-12-16(18(3,4)5)8-9-17(15)19-6/h14-17,19H,8-13H2,1-7H3. The van der Waals surface area contributed by atoms with Crippen LogP contribution >= 0.6 is 0 Å². The minimum atomic E-state index is 0.437. The van der Waals surface area contributed by atoms with Gasteiger partial charge in [-0.1, -0.05) is 20.8 Å². The molecule has 1 saturated carbocycles. The molecule has 1 aliphatic rings. The highest BCUT2D eigenvalue weighted by molar-refractivity contribution is 4.90. The second kappa shape index (κ2) is 8.50. The van der Waals surface area contributed by atoms with Gasteiger partial charge in [-0.15, -0.1) is 0 Å². The molecule has 126 valence electrons. The van der Waals surface area contributed by atoms with Crippen LogP contribution in [0, 0.1) is 17.3 Å². The number of ether oxygens (including phenoxy) is 1. The SMILES string of the molecule is CNC1CCC(C(C)(C)C)CC1CN(CCOC)C(C)C. The van der Waals surface area contributed by atoms with E-state index in [1.54, 1.807) is 7.11 Å². The Labute approximate surface area is 132 Å². The van der Waals surface area contributed by atoms with Crippen molar-refractivity contribution in [3.63, 3.8) is 0 Å². The predicted octanol–water partition coefficient (Wildman–Crippen LogP) is 3.39. The average Bonchev–Trinajstić information content (AvgIpc) is 2.41. The minimum Gasteiger partial charge on any atom is -0.383 e. The Kier molecular flexibility index (Phi) is 7.66. The summed E-state index contributed by atoms with van der Waals surface area (Å²) in [6.45, 7) is 14.9. The van der Waals surface area contributed by atoms with Crippen molar-refractivity contribution in [3.05, 3.63) is 0 Å². The molecule has 21 heavy (non-hydrogen) atoms. The second-order valence-corrected chi connectivity index (χ2v) is 8.11. The monoisotopic (exact) mass is 298 g/mol. The number of nitrogens with one attached hydrogen (secondary N) is 1. The van der Waals surface area contributed by atoms with Crippen LogP contribution in [0.4, 0.5) is 0 Å². The van der Waals surface area contributed by atoms with Crippen LogP contribution in [0.15, 0.2) is 0 Å². The summed E-state index contributed by atoms with van der Waals surface area (Å²) >= 11 is 0. The van der Waals surface area contributed by atoms with Crippen LogP contribution in [0.25, 0.3) is 0 Å². The molecule has 3 heteroatoms. The molecule has 0 saturated heterocycles. The molecule has 0 radical (unpaired) electrons. The quantitative estimate of drug-likeness (QED) is 0.779. The van der Waals surface area contributed by atoms with Gasteiger partial charge in [-0.05, 0) is 57.4 Å². The van der Waals surface area contributed by atoms with Crippen molar-refractivity contribution < 1.29 is 4.74 Å². The number of rotatable bonds is 7. The number of hydrogen-bond donors (Lipinski definition) is 1. The maximum atomic E-state index is 5.28. The van der Waals surface area contributed by atoms with Gasteiger partial charge in [0.1, 0.15) is 0 Å². The van der Waals surface area contributed by atoms with E-state index in [-0.39, 0.29) is 0 Å². The van der Waals surface area contributed by atoms with Gasteiger partial charge in [-0.25, -0.2) is 0 Å². The fraction of sp³-hybridized carbons (Fsp3) is 1.00. The third kappa shape index (κ3) is 5.88. The minimum absolute atomic E-state index is 0.437. The zero-order chi connectivity index (χ0) is 16.0. The summed E-state index contributed by atoms with van der Waals surface area (Å²) in [4.78, 5) is 2.59. The highest BCUT2D eigenvalue weighted by Crippen LogP contribution is 2.40. The molecular weight excluding hydrogens is 260 g/mol. The number of nitrogens with zero attached hydrogens (tertiary/aromatic N) is 1. The van der Waals surface area contributed by atoms with Gasteiger partial charge in [0.25, 0.3) is 0 Å². The van der Waals surface area contributed by atoms with Crippen molar-refractivity contribution in [1.82, 2.24) is 10.2 Å². The van der Waals surface area contributed by atoms with Crippen molar-refractivity contribution in [3.8, 4) is 0 Å². The lowest BCUT2D eigenvalue weighted by Gasteiger charge is -2.44. The van der Waals surface area contributed by atoms with E-state index in [2.05, 4.69) is 51.9 Å². The molecule has 3 unspecified atom stereocenters. The smallest absolute Gasteiger partial charge is 0.0589 e. The van der Waals surface area contributed by atoms with Gasteiger partial charge in [-0.3, -0.25) is 4.90 Å². The Morgan fingerprint density at radius 3 is 2.38 bits per heavy atom. The van der Waals surface area contributed by atoms with Crippen LogP contribution in [0.2, 0.25) is 0 Å². The van der Waals surface area contributed by atoms with Crippen LogP contribution in [-0.2, 0) is 4.74 Å². The van der Waals surface area contributed by atoms with Crippen LogP contribution in [-0.4, -0.2) is 50.8 Å². The van der Waals surface area contributed by atoms with E-state index in [4.69, 9.17) is 4.74 Å². The Hall–Kier alpha value is -0.120. The fourth-order valence-electron chi connectivity index (χ4n) is 3.70. The molecule has 0 aromatic carbocycles. The highest BCUT2D eigenvalue weighted by atomic mass is 16.5. The topological polar surface area (TPSA) is 24.5 Å². The molecule has 0 aromatic rings. The number of methoxy groups -OCH3 is 1. The molecule has 3 atom stereocenters. The van der Waals surface area contributed by atoms with Crippen molar-refractivity contribution in [1.29, 1.82) is 0 Å². The molecule has 0 bridgehead atoms. The number of hydrogen-bond acceptors (Lipinski definition) is 3. The fourth-order valence-corrected chi connectivity index (χ4v) is 3.70. The third-order valence-electron chi connectivity index (χ3n) is 5.36. The normalized spacial score (nSPS) is 27.6. The molecule has 1 rings (SSSR count). The Morgan fingerprint density at radius 1 is 1.24 bits per heavy atom. The maximum Gasteiger partial charge on any atom is 0.0589 e. The first kappa shape index (κ1) is 18.9. The first-order chi connectivity index (χ1) is 9.79. The van der Waals surface area contributed by atoms with Crippen LogP contribution < -0.4 is 5.32 Å². The molecular formula is C18H38N2O. The lowest BCUT2D eigenvalue weighted by molar-refractivity contribution is 0.0660. The lowest BCUT2D eigenvalue weighted by atomic mass is 9.67. The molecule has 1 fully saturated rings. The summed E-state index contributed by atoms with van der Waals surface area (Å²) in [7, 11) is 3.93. The average molecular weight is 299 g/mol. The van der Waals surface area contributed by atoms with E-state index in [0.29, 0.717) is 17.5 Å². The van der Waals surface area contributed by atoms with Gasteiger partial charge in [0.2, 0.25) is 0 Å².